The third kappa shape index (κ3) is 2.62. The molecule has 0 saturated carbocycles. The van der Waals surface area contributed by atoms with E-state index in [1.54, 1.807) is 11.9 Å². The highest BCUT2D eigenvalue weighted by molar-refractivity contribution is 5.67. The van der Waals surface area contributed by atoms with Gasteiger partial charge in [0.05, 0.1) is 6.61 Å². The molecule has 0 aromatic rings. The summed E-state index contributed by atoms with van der Waals surface area (Å²) in [6.07, 6.45) is 2.51. The Morgan fingerprint density at radius 3 is 3.05 bits per heavy atom. The number of ether oxygens (including phenoxy) is 1. The van der Waals surface area contributed by atoms with Gasteiger partial charge in [-0.15, -0.1) is 0 Å². The molecule has 2 aliphatic heterocycles. The molecule has 2 rings (SSSR count). The molecule has 0 aromatic heterocycles. The van der Waals surface area contributed by atoms with Gasteiger partial charge < -0.3 is 14.7 Å². The fourth-order valence-electron chi connectivity index (χ4n) is 3.18. The van der Waals surface area contributed by atoms with Crippen molar-refractivity contribution >= 4 is 6.09 Å². The molecule has 0 aromatic carbocycles. The highest BCUT2D eigenvalue weighted by Gasteiger charge is 2.50. The van der Waals surface area contributed by atoms with Gasteiger partial charge in [0, 0.05) is 31.7 Å². The topological polar surface area (TPSA) is 53.0 Å². The van der Waals surface area contributed by atoms with Crippen LogP contribution in [0.3, 0.4) is 0 Å². The van der Waals surface area contributed by atoms with Gasteiger partial charge in [-0.25, -0.2) is 4.79 Å². The zero-order valence-corrected chi connectivity index (χ0v) is 11.9. The van der Waals surface area contributed by atoms with E-state index in [1.807, 2.05) is 6.92 Å². The second-order valence-electron chi connectivity index (χ2n) is 5.72. The van der Waals surface area contributed by atoms with Crippen LogP contribution in [-0.4, -0.2) is 65.9 Å². The molecule has 2 heterocycles. The molecule has 0 spiro atoms. The number of hydrogen-bond donors (Lipinski definition) is 1. The number of amides is 1. The Kier molecular flexibility index (Phi) is 4.16. The molecule has 0 aliphatic carbocycles. The van der Waals surface area contributed by atoms with Crippen LogP contribution in [0.5, 0.6) is 0 Å². The van der Waals surface area contributed by atoms with Crippen LogP contribution in [0.15, 0.2) is 12.2 Å². The normalized spacial score (nSPS) is 30.5. The van der Waals surface area contributed by atoms with Crippen molar-refractivity contribution < 1.29 is 14.6 Å². The van der Waals surface area contributed by atoms with Gasteiger partial charge in [-0.3, -0.25) is 4.90 Å². The minimum atomic E-state index is -0.276. The Morgan fingerprint density at radius 1 is 1.68 bits per heavy atom. The van der Waals surface area contributed by atoms with Crippen molar-refractivity contribution in [3.8, 4) is 0 Å². The highest BCUT2D eigenvalue weighted by Crippen LogP contribution is 2.43. The molecule has 1 N–H and O–H groups in total. The summed E-state index contributed by atoms with van der Waals surface area (Å²) in [6, 6.07) is 0.209. The van der Waals surface area contributed by atoms with Gasteiger partial charge in [0.1, 0.15) is 6.61 Å². The predicted octanol–water partition coefficient (Wildman–Crippen LogP) is 1.23. The van der Waals surface area contributed by atoms with Crippen molar-refractivity contribution in [2.24, 2.45) is 0 Å². The zero-order chi connectivity index (χ0) is 14.0. The Labute approximate surface area is 114 Å². The van der Waals surface area contributed by atoms with E-state index >= 15 is 0 Å². The van der Waals surface area contributed by atoms with Gasteiger partial charge in [-0.1, -0.05) is 12.2 Å². The molecule has 0 radical (unpaired) electrons. The molecular formula is C14H24N2O3. The fraction of sp³-hybridized carbons (Fsp3) is 0.786. The fourth-order valence-corrected chi connectivity index (χ4v) is 3.18. The molecule has 0 bridgehead atoms. The molecule has 1 amide bonds. The molecule has 2 atom stereocenters. The summed E-state index contributed by atoms with van der Waals surface area (Å²) < 4.78 is 5.35. The van der Waals surface area contributed by atoms with E-state index in [0.717, 1.165) is 31.4 Å². The highest BCUT2D eigenvalue weighted by atomic mass is 16.6. The molecule has 2 fully saturated rings. The third-order valence-electron chi connectivity index (χ3n) is 4.45. The van der Waals surface area contributed by atoms with Gasteiger partial charge in [0.15, 0.2) is 0 Å². The molecule has 108 valence electrons. The summed E-state index contributed by atoms with van der Waals surface area (Å²) in [5, 5.41) is 9.67. The number of aliphatic hydroxyl groups is 1. The SMILES string of the molecule is C=C1CN2[C@H](COC(=O)N(C)CC)CC[C@@]2(CO)C1. The number of aliphatic hydroxyl groups excluding tert-OH is 1. The number of hydrogen-bond acceptors (Lipinski definition) is 4. The van der Waals surface area contributed by atoms with E-state index in [4.69, 9.17) is 4.74 Å². The molecule has 0 unspecified atom stereocenters. The number of nitrogens with zero attached hydrogens (tertiary/aromatic N) is 2. The standard InChI is InChI=1S/C14H24N2O3/c1-4-15(3)13(18)19-9-12-5-6-14(10-17)7-11(2)8-16(12)14/h12,17H,2,4-10H2,1,3H3/t12-,14-/m0/s1. The van der Waals surface area contributed by atoms with Crippen LogP contribution in [0, 0.1) is 0 Å². The van der Waals surface area contributed by atoms with Crippen LogP contribution in [-0.2, 0) is 4.74 Å². The lowest BCUT2D eigenvalue weighted by Gasteiger charge is -2.32. The molecule has 2 saturated heterocycles. The second kappa shape index (κ2) is 5.51. The minimum absolute atomic E-state index is 0.148. The molecule has 5 heteroatoms. The van der Waals surface area contributed by atoms with Crippen LogP contribution < -0.4 is 0 Å². The lowest BCUT2D eigenvalue weighted by atomic mass is 9.94. The Bertz CT molecular complexity index is 372. The lowest BCUT2D eigenvalue weighted by molar-refractivity contribution is 0.0435. The van der Waals surface area contributed by atoms with Gasteiger partial charge in [-0.2, -0.15) is 0 Å². The Hall–Kier alpha value is -1.07. The monoisotopic (exact) mass is 268 g/mol. The van der Waals surface area contributed by atoms with E-state index in [1.165, 1.54) is 0 Å². The number of carbonyl (C=O) groups excluding carboxylic acids is 1. The summed E-state index contributed by atoms with van der Waals surface area (Å²) >= 11 is 0. The zero-order valence-electron chi connectivity index (χ0n) is 11.9. The maximum Gasteiger partial charge on any atom is 0.409 e. The Balaban J connectivity index is 1.93. The third-order valence-corrected chi connectivity index (χ3v) is 4.45. The van der Waals surface area contributed by atoms with Gasteiger partial charge in [-0.05, 0) is 26.2 Å². The summed E-state index contributed by atoms with van der Waals surface area (Å²) in [6.45, 7) is 7.96. The van der Waals surface area contributed by atoms with Crippen LogP contribution in [0.4, 0.5) is 4.79 Å². The molecule has 19 heavy (non-hydrogen) atoms. The average Bonchev–Trinajstić information content (AvgIpc) is 2.90. The second-order valence-corrected chi connectivity index (χ2v) is 5.72. The molecule has 5 nitrogen and oxygen atoms in total. The summed E-state index contributed by atoms with van der Waals surface area (Å²) in [5.41, 5.74) is 1.01. The quantitative estimate of drug-likeness (QED) is 0.779. The van der Waals surface area contributed by atoms with E-state index < -0.39 is 0 Å². The van der Waals surface area contributed by atoms with E-state index in [9.17, 15) is 9.90 Å². The van der Waals surface area contributed by atoms with E-state index in [0.29, 0.717) is 13.2 Å². The first-order valence-corrected chi connectivity index (χ1v) is 6.94. The van der Waals surface area contributed by atoms with Crippen molar-refractivity contribution in [3.05, 3.63) is 12.2 Å². The van der Waals surface area contributed by atoms with Crippen molar-refractivity contribution in [2.75, 3.05) is 33.4 Å². The first kappa shape index (κ1) is 14.3. The minimum Gasteiger partial charge on any atom is -0.448 e. The lowest BCUT2D eigenvalue weighted by Crippen LogP contribution is -2.46. The maximum absolute atomic E-state index is 11.7. The van der Waals surface area contributed by atoms with Gasteiger partial charge in [0.25, 0.3) is 0 Å². The van der Waals surface area contributed by atoms with Crippen LogP contribution in [0.2, 0.25) is 0 Å². The first-order valence-electron chi connectivity index (χ1n) is 6.94. The average molecular weight is 268 g/mol. The van der Waals surface area contributed by atoms with Gasteiger partial charge in [0.2, 0.25) is 0 Å². The largest absolute Gasteiger partial charge is 0.448 e. The maximum atomic E-state index is 11.7. The predicted molar refractivity (Wildman–Crippen MR) is 73.0 cm³/mol. The van der Waals surface area contributed by atoms with Crippen LogP contribution in [0.1, 0.15) is 26.2 Å². The van der Waals surface area contributed by atoms with Crippen LogP contribution in [0.25, 0.3) is 0 Å². The van der Waals surface area contributed by atoms with E-state index in [-0.39, 0.29) is 24.3 Å². The van der Waals surface area contributed by atoms with E-state index in [2.05, 4.69) is 11.5 Å². The summed E-state index contributed by atoms with van der Waals surface area (Å²) in [7, 11) is 1.73. The van der Waals surface area contributed by atoms with Crippen LogP contribution >= 0.6 is 0 Å². The van der Waals surface area contributed by atoms with Crippen molar-refractivity contribution in [1.29, 1.82) is 0 Å². The number of fused-ring (bicyclic) bond motifs is 1. The Morgan fingerprint density at radius 2 is 2.42 bits per heavy atom. The van der Waals surface area contributed by atoms with Crippen molar-refractivity contribution in [1.82, 2.24) is 9.80 Å². The number of rotatable bonds is 4. The number of carbonyl (C=O) groups is 1. The van der Waals surface area contributed by atoms with Crippen molar-refractivity contribution in [3.63, 3.8) is 0 Å². The first-order chi connectivity index (χ1) is 9.02. The smallest absolute Gasteiger partial charge is 0.409 e. The molecule has 2 aliphatic rings. The van der Waals surface area contributed by atoms with Gasteiger partial charge >= 0.3 is 6.09 Å². The van der Waals surface area contributed by atoms with Crippen molar-refractivity contribution in [2.45, 2.75) is 37.8 Å². The molecular weight excluding hydrogens is 244 g/mol. The summed E-state index contributed by atoms with van der Waals surface area (Å²) in [5.74, 6) is 0. The summed E-state index contributed by atoms with van der Waals surface area (Å²) in [4.78, 5) is 15.5.